The average Bonchev–Trinajstić information content (AvgIpc) is 2.15. The van der Waals surface area contributed by atoms with E-state index in [1.807, 2.05) is 0 Å². The van der Waals surface area contributed by atoms with Crippen LogP contribution in [0.25, 0.3) is 0 Å². The van der Waals surface area contributed by atoms with Crippen molar-refractivity contribution < 1.29 is 13.2 Å². The number of rotatable bonds is 2. The molecule has 15 heavy (non-hydrogen) atoms. The van der Waals surface area contributed by atoms with Gasteiger partial charge in [-0.2, -0.15) is 13.2 Å². The molecule has 0 heterocycles. The summed E-state index contributed by atoms with van der Waals surface area (Å²) in [5.41, 5.74) is 5.58. The van der Waals surface area contributed by atoms with E-state index in [0.717, 1.165) is 6.07 Å². The summed E-state index contributed by atoms with van der Waals surface area (Å²) in [4.78, 5) is 0. The number of benzene rings is 1. The monoisotopic (exact) mass is 217 g/mol. The second-order valence-electron chi connectivity index (χ2n) is 3.78. The van der Waals surface area contributed by atoms with Gasteiger partial charge in [0, 0.05) is 6.54 Å². The van der Waals surface area contributed by atoms with Gasteiger partial charge in [-0.3, -0.25) is 0 Å². The smallest absolute Gasteiger partial charge is 0.326 e. The summed E-state index contributed by atoms with van der Waals surface area (Å²) >= 11 is 0. The first-order chi connectivity index (χ1) is 6.86. The van der Waals surface area contributed by atoms with Crippen LogP contribution in [0.2, 0.25) is 0 Å². The highest BCUT2D eigenvalue weighted by Gasteiger charge is 2.33. The van der Waals surface area contributed by atoms with Crippen LogP contribution < -0.4 is 5.73 Å². The van der Waals surface area contributed by atoms with Gasteiger partial charge in [0.25, 0.3) is 0 Å². The minimum Gasteiger partial charge on any atom is -0.326 e. The van der Waals surface area contributed by atoms with Gasteiger partial charge in [-0.1, -0.05) is 26.0 Å². The van der Waals surface area contributed by atoms with Gasteiger partial charge in [0.05, 0.1) is 5.56 Å². The average molecular weight is 217 g/mol. The maximum absolute atomic E-state index is 12.7. The molecule has 0 aliphatic heterocycles. The van der Waals surface area contributed by atoms with E-state index in [9.17, 15) is 13.2 Å². The van der Waals surface area contributed by atoms with Crippen LogP contribution >= 0.6 is 0 Å². The molecular formula is C11H14F3N. The Kier molecular flexibility index (Phi) is 3.39. The van der Waals surface area contributed by atoms with E-state index in [-0.39, 0.29) is 12.5 Å². The Hall–Kier alpha value is -1.03. The van der Waals surface area contributed by atoms with Crippen molar-refractivity contribution in [2.24, 2.45) is 5.73 Å². The standard InChI is InChI=1S/C11H14F3N/c1-7(2)9-4-3-8(6-15)5-10(9)11(12,13)14/h3-5,7H,6,15H2,1-2H3. The van der Waals surface area contributed by atoms with E-state index in [1.165, 1.54) is 6.07 Å². The molecule has 0 atom stereocenters. The Morgan fingerprint density at radius 3 is 2.27 bits per heavy atom. The SMILES string of the molecule is CC(C)c1ccc(CN)cc1C(F)(F)F. The van der Waals surface area contributed by atoms with Crippen LogP contribution in [-0.4, -0.2) is 0 Å². The Bertz CT molecular complexity index is 342. The molecule has 0 aliphatic carbocycles. The first-order valence-corrected chi connectivity index (χ1v) is 4.76. The van der Waals surface area contributed by atoms with Gasteiger partial charge in [0.1, 0.15) is 0 Å². The topological polar surface area (TPSA) is 26.0 Å². The highest BCUT2D eigenvalue weighted by molar-refractivity contribution is 5.36. The first-order valence-electron chi connectivity index (χ1n) is 4.76. The normalized spacial score (nSPS) is 12.2. The summed E-state index contributed by atoms with van der Waals surface area (Å²) in [7, 11) is 0. The van der Waals surface area contributed by atoms with Crippen LogP contribution in [0.4, 0.5) is 13.2 Å². The molecule has 1 nitrogen and oxygen atoms in total. The van der Waals surface area contributed by atoms with Crippen molar-refractivity contribution in [3.63, 3.8) is 0 Å². The minimum atomic E-state index is -4.30. The molecule has 0 fully saturated rings. The fourth-order valence-corrected chi connectivity index (χ4v) is 1.48. The van der Waals surface area contributed by atoms with Gasteiger partial charge >= 0.3 is 6.18 Å². The molecule has 0 spiro atoms. The van der Waals surface area contributed by atoms with Gasteiger partial charge in [0.2, 0.25) is 0 Å². The van der Waals surface area contributed by atoms with Crippen LogP contribution in [0, 0.1) is 0 Å². The molecule has 84 valence electrons. The molecule has 0 unspecified atom stereocenters. The molecule has 0 saturated heterocycles. The van der Waals surface area contributed by atoms with E-state index in [1.54, 1.807) is 19.9 Å². The summed E-state index contributed by atoms with van der Waals surface area (Å²) in [6, 6.07) is 4.29. The lowest BCUT2D eigenvalue weighted by molar-refractivity contribution is -0.138. The number of halogens is 3. The molecule has 0 aliphatic rings. The van der Waals surface area contributed by atoms with E-state index in [0.29, 0.717) is 11.1 Å². The van der Waals surface area contributed by atoms with E-state index < -0.39 is 11.7 Å². The van der Waals surface area contributed by atoms with E-state index in [2.05, 4.69) is 0 Å². The van der Waals surface area contributed by atoms with Crippen LogP contribution in [0.3, 0.4) is 0 Å². The van der Waals surface area contributed by atoms with Crippen molar-refractivity contribution in [3.05, 3.63) is 34.9 Å². The molecular weight excluding hydrogens is 203 g/mol. The lowest BCUT2D eigenvalue weighted by Crippen LogP contribution is -2.11. The Labute approximate surface area is 87.1 Å². The van der Waals surface area contributed by atoms with Crippen LogP contribution in [0.5, 0.6) is 0 Å². The van der Waals surface area contributed by atoms with E-state index >= 15 is 0 Å². The van der Waals surface area contributed by atoms with Crippen molar-refractivity contribution >= 4 is 0 Å². The van der Waals surface area contributed by atoms with Gasteiger partial charge < -0.3 is 5.73 Å². The van der Waals surface area contributed by atoms with Crippen molar-refractivity contribution in [1.29, 1.82) is 0 Å². The molecule has 0 radical (unpaired) electrons. The zero-order valence-corrected chi connectivity index (χ0v) is 8.73. The molecule has 0 aromatic heterocycles. The van der Waals surface area contributed by atoms with Gasteiger partial charge in [-0.25, -0.2) is 0 Å². The molecule has 4 heteroatoms. The Morgan fingerprint density at radius 2 is 1.87 bits per heavy atom. The molecule has 0 amide bonds. The second-order valence-corrected chi connectivity index (χ2v) is 3.78. The van der Waals surface area contributed by atoms with Crippen LogP contribution in [0.1, 0.15) is 36.5 Å². The van der Waals surface area contributed by atoms with Crippen molar-refractivity contribution in [2.45, 2.75) is 32.5 Å². The third kappa shape index (κ3) is 2.72. The molecule has 0 bridgehead atoms. The third-order valence-corrected chi connectivity index (χ3v) is 2.28. The predicted molar refractivity (Wildman–Crippen MR) is 53.4 cm³/mol. The summed E-state index contributed by atoms with van der Waals surface area (Å²) in [5, 5.41) is 0. The Balaban J connectivity index is 3.29. The first kappa shape index (κ1) is 12.0. The van der Waals surface area contributed by atoms with Crippen LogP contribution in [0.15, 0.2) is 18.2 Å². The van der Waals surface area contributed by atoms with Crippen molar-refractivity contribution in [3.8, 4) is 0 Å². The Morgan fingerprint density at radius 1 is 1.27 bits per heavy atom. The number of alkyl halides is 3. The van der Waals surface area contributed by atoms with Gasteiger partial charge in [0.15, 0.2) is 0 Å². The lowest BCUT2D eigenvalue weighted by Gasteiger charge is -2.16. The fourth-order valence-electron chi connectivity index (χ4n) is 1.48. The lowest BCUT2D eigenvalue weighted by atomic mass is 9.95. The van der Waals surface area contributed by atoms with Crippen LogP contribution in [-0.2, 0) is 12.7 Å². The molecule has 1 aromatic rings. The largest absolute Gasteiger partial charge is 0.416 e. The fraction of sp³-hybridized carbons (Fsp3) is 0.455. The zero-order chi connectivity index (χ0) is 11.6. The van der Waals surface area contributed by atoms with Gasteiger partial charge in [-0.05, 0) is 23.1 Å². The highest BCUT2D eigenvalue weighted by atomic mass is 19.4. The maximum atomic E-state index is 12.7. The molecule has 1 rings (SSSR count). The predicted octanol–water partition coefficient (Wildman–Crippen LogP) is 3.29. The van der Waals surface area contributed by atoms with E-state index in [4.69, 9.17) is 5.73 Å². The summed E-state index contributed by atoms with van der Waals surface area (Å²) < 4.78 is 38.1. The van der Waals surface area contributed by atoms with Gasteiger partial charge in [-0.15, -0.1) is 0 Å². The number of hydrogen-bond acceptors (Lipinski definition) is 1. The summed E-state index contributed by atoms with van der Waals surface area (Å²) in [5.74, 6) is -0.145. The minimum absolute atomic E-state index is 0.126. The quantitative estimate of drug-likeness (QED) is 0.808. The number of nitrogens with two attached hydrogens (primary N) is 1. The maximum Gasteiger partial charge on any atom is 0.416 e. The number of hydrogen-bond donors (Lipinski definition) is 1. The molecule has 2 N–H and O–H groups in total. The molecule has 1 aromatic carbocycles. The van der Waals surface area contributed by atoms with Crippen molar-refractivity contribution in [2.75, 3.05) is 0 Å². The zero-order valence-electron chi connectivity index (χ0n) is 8.73. The summed E-state index contributed by atoms with van der Waals surface area (Å²) in [6.45, 7) is 3.61. The second kappa shape index (κ2) is 4.23. The van der Waals surface area contributed by atoms with Crippen molar-refractivity contribution in [1.82, 2.24) is 0 Å². The third-order valence-electron chi connectivity index (χ3n) is 2.28. The summed E-state index contributed by atoms with van der Waals surface area (Å²) in [6.07, 6.45) is -4.30. The molecule has 0 saturated carbocycles. The highest BCUT2D eigenvalue weighted by Crippen LogP contribution is 2.35.